The van der Waals surface area contributed by atoms with E-state index in [1.54, 1.807) is 0 Å². The first kappa shape index (κ1) is 39.5. The van der Waals surface area contributed by atoms with Gasteiger partial charge in [-0.15, -0.1) is 0 Å². The molecule has 0 rings (SSSR count). The van der Waals surface area contributed by atoms with Crippen LogP contribution < -0.4 is 0 Å². The second kappa shape index (κ2) is 29.3. The Bertz CT molecular complexity index is 385. The van der Waals surface area contributed by atoms with Gasteiger partial charge in [-0.25, -0.2) is 0 Å². The number of rotatable bonds is 15. The van der Waals surface area contributed by atoms with Crippen molar-refractivity contribution in [3.05, 3.63) is 0 Å². The summed E-state index contributed by atoms with van der Waals surface area (Å²) in [6, 6.07) is 0. The van der Waals surface area contributed by atoms with Gasteiger partial charge in [-0.1, -0.05) is 62.3 Å². The lowest BCUT2D eigenvalue weighted by Crippen LogP contribution is -2.38. The van der Waals surface area contributed by atoms with Crippen LogP contribution in [-0.2, 0) is 14.4 Å². The summed E-state index contributed by atoms with van der Waals surface area (Å²) in [6.45, 7) is 28.6. The summed E-state index contributed by atoms with van der Waals surface area (Å²) in [5.41, 5.74) is 0. The van der Waals surface area contributed by atoms with Crippen LogP contribution in [0.25, 0.3) is 0 Å². The molecule has 0 aromatic carbocycles. The SMILES string of the molecule is CCN(CC)CC.CCN(CC)CC.CCN(CC)CC.O=C(O)CN(CC(=O)O)CC(=O)O. The molecule has 0 atom stereocenters. The van der Waals surface area contributed by atoms with Crippen LogP contribution in [0.15, 0.2) is 0 Å². The van der Waals surface area contributed by atoms with Crippen LogP contribution in [0.5, 0.6) is 0 Å². The minimum atomic E-state index is -1.26. The number of carboxylic acids is 3. The first-order valence-corrected chi connectivity index (χ1v) is 12.5. The number of carbonyl (C=O) groups is 3. The van der Waals surface area contributed by atoms with Gasteiger partial charge in [0.25, 0.3) is 0 Å². The maximum atomic E-state index is 10.1. The van der Waals surface area contributed by atoms with Gasteiger partial charge in [0.15, 0.2) is 0 Å². The predicted octanol–water partition coefficient (Wildman–Crippen LogP) is 2.59. The quantitative estimate of drug-likeness (QED) is 0.313. The molecule has 0 aliphatic heterocycles. The Labute approximate surface area is 208 Å². The second-order valence-corrected chi connectivity index (χ2v) is 7.18. The fourth-order valence-electron chi connectivity index (χ4n) is 2.75. The molecule has 3 N–H and O–H groups in total. The molecule has 0 aromatic heterocycles. The molecule has 10 nitrogen and oxygen atoms in total. The van der Waals surface area contributed by atoms with Crippen molar-refractivity contribution in [3.63, 3.8) is 0 Å². The molecule has 34 heavy (non-hydrogen) atoms. The first-order chi connectivity index (χ1) is 16.0. The van der Waals surface area contributed by atoms with E-state index in [1.807, 2.05) is 0 Å². The van der Waals surface area contributed by atoms with Gasteiger partial charge in [0.1, 0.15) is 0 Å². The fourth-order valence-corrected chi connectivity index (χ4v) is 2.75. The normalized spacial score (nSPS) is 10.1. The molecule has 0 aliphatic carbocycles. The van der Waals surface area contributed by atoms with Crippen molar-refractivity contribution < 1.29 is 29.7 Å². The highest BCUT2D eigenvalue weighted by Gasteiger charge is 2.15. The summed E-state index contributed by atoms with van der Waals surface area (Å²) in [7, 11) is 0. The molecule has 0 spiro atoms. The highest BCUT2D eigenvalue weighted by Crippen LogP contribution is 1.88. The predicted molar refractivity (Wildman–Crippen MR) is 140 cm³/mol. The number of carboxylic acid groups (broad SMARTS) is 3. The Morgan fingerprint density at radius 3 is 0.588 bits per heavy atom. The Hall–Kier alpha value is -1.75. The van der Waals surface area contributed by atoms with Gasteiger partial charge in [-0.2, -0.15) is 0 Å². The van der Waals surface area contributed by atoms with E-state index in [4.69, 9.17) is 15.3 Å². The van der Waals surface area contributed by atoms with E-state index >= 15 is 0 Å². The average molecular weight is 495 g/mol. The van der Waals surface area contributed by atoms with Crippen LogP contribution in [0.3, 0.4) is 0 Å². The van der Waals surface area contributed by atoms with E-state index in [1.165, 1.54) is 58.9 Å². The van der Waals surface area contributed by atoms with E-state index in [0.29, 0.717) is 0 Å². The van der Waals surface area contributed by atoms with E-state index in [9.17, 15) is 14.4 Å². The highest BCUT2D eigenvalue weighted by molar-refractivity contribution is 5.75. The van der Waals surface area contributed by atoms with E-state index in [0.717, 1.165) is 4.90 Å². The molecule has 0 bridgehead atoms. The molecule has 0 amide bonds. The van der Waals surface area contributed by atoms with Crippen LogP contribution in [0.2, 0.25) is 0 Å². The summed E-state index contributed by atoms with van der Waals surface area (Å²) in [4.78, 5) is 38.4. The molecule has 206 valence electrons. The fraction of sp³-hybridized carbons (Fsp3) is 0.875. The van der Waals surface area contributed by atoms with Crippen molar-refractivity contribution in [3.8, 4) is 0 Å². The van der Waals surface area contributed by atoms with Crippen molar-refractivity contribution in [1.29, 1.82) is 0 Å². The third kappa shape index (κ3) is 32.4. The van der Waals surface area contributed by atoms with Crippen molar-refractivity contribution >= 4 is 17.9 Å². The second-order valence-electron chi connectivity index (χ2n) is 7.18. The molecule has 0 unspecified atom stereocenters. The Kier molecular flexibility index (Phi) is 34.0. The van der Waals surface area contributed by atoms with Crippen LogP contribution >= 0.6 is 0 Å². The Morgan fingerprint density at radius 2 is 0.529 bits per heavy atom. The largest absolute Gasteiger partial charge is 0.480 e. The zero-order valence-electron chi connectivity index (χ0n) is 23.3. The molecule has 0 radical (unpaired) electrons. The van der Waals surface area contributed by atoms with Gasteiger partial charge in [-0.05, 0) is 58.9 Å². The molecule has 10 heteroatoms. The molecular weight excluding hydrogens is 440 g/mol. The van der Waals surface area contributed by atoms with Crippen LogP contribution in [-0.4, -0.2) is 131 Å². The third-order valence-corrected chi connectivity index (χ3v) is 5.10. The third-order valence-electron chi connectivity index (χ3n) is 5.10. The molecule has 0 saturated heterocycles. The van der Waals surface area contributed by atoms with Gasteiger partial charge >= 0.3 is 17.9 Å². The van der Waals surface area contributed by atoms with Gasteiger partial charge in [0.2, 0.25) is 0 Å². The highest BCUT2D eigenvalue weighted by atomic mass is 16.4. The Balaban J connectivity index is -0.000000186. The number of aliphatic carboxylic acids is 3. The van der Waals surface area contributed by atoms with E-state index < -0.39 is 37.5 Å². The summed E-state index contributed by atoms with van der Waals surface area (Å²) < 4.78 is 0. The van der Waals surface area contributed by atoms with Crippen LogP contribution in [0.4, 0.5) is 0 Å². The van der Waals surface area contributed by atoms with E-state index in [2.05, 4.69) is 77.0 Å². The zero-order valence-corrected chi connectivity index (χ0v) is 23.3. The topological polar surface area (TPSA) is 125 Å². The van der Waals surface area contributed by atoms with E-state index in [-0.39, 0.29) is 0 Å². The summed E-state index contributed by atoms with van der Waals surface area (Å²) in [5, 5.41) is 24.8. The lowest BCUT2D eigenvalue weighted by atomic mass is 10.4. The van der Waals surface area contributed by atoms with Crippen LogP contribution in [0.1, 0.15) is 62.3 Å². The lowest BCUT2D eigenvalue weighted by Gasteiger charge is -2.14. The van der Waals surface area contributed by atoms with Gasteiger partial charge in [-0.3, -0.25) is 19.3 Å². The smallest absolute Gasteiger partial charge is 0.317 e. The molecule has 0 saturated carbocycles. The van der Waals surface area contributed by atoms with Crippen molar-refractivity contribution in [2.24, 2.45) is 0 Å². The summed E-state index contributed by atoms with van der Waals surface area (Å²) in [6.07, 6.45) is 0. The number of hydrogen-bond acceptors (Lipinski definition) is 7. The molecule has 0 heterocycles. The van der Waals surface area contributed by atoms with Gasteiger partial charge in [0.05, 0.1) is 19.6 Å². The van der Waals surface area contributed by atoms with Crippen molar-refractivity contribution in [2.45, 2.75) is 62.3 Å². The monoisotopic (exact) mass is 494 g/mol. The first-order valence-electron chi connectivity index (χ1n) is 12.5. The van der Waals surface area contributed by atoms with Crippen LogP contribution in [0, 0.1) is 0 Å². The molecule has 0 aliphatic rings. The number of hydrogen-bond donors (Lipinski definition) is 3. The van der Waals surface area contributed by atoms with Gasteiger partial charge in [0, 0.05) is 0 Å². The minimum absolute atomic E-state index is 0.599. The van der Waals surface area contributed by atoms with Crippen molar-refractivity contribution in [1.82, 2.24) is 19.6 Å². The number of nitrogens with zero attached hydrogens (tertiary/aromatic N) is 4. The lowest BCUT2D eigenvalue weighted by molar-refractivity contribution is -0.144. The maximum Gasteiger partial charge on any atom is 0.317 e. The molecular formula is C24H54N4O6. The summed E-state index contributed by atoms with van der Waals surface area (Å²) >= 11 is 0. The zero-order chi connectivity index (χ0) is 27.5. The van der Waals surface area contributed by atoms with Gasteiger partial charge < -0.3 is 30.0 Å². The summed E-state index contributed by atoms with van der Waals surface area (Å²) in [5.74, 6) is -3.78. The van der Waals surface area contributed by atoms with Crippen molar-refractivity contribution in [2.75, 3.05) is 78.5 Å². The standard InChI is InChI=1S/C6H9NO6.3C6H15N/c8-4(9)1-7(2-5(10)11)3-6(12)13;3*1-4-7(5-2)6-3/h1-3H2,(H,8,9)(H,10,11)(H,12,13);3*4-6H2,1-3H3. The molecule has 0 fully saturated rings. The Morgan fingerprint density at radius 1 is 0.382 bits per heavy atom. The average Bonchev–Trinajstić information content (AvgIpc) is 2.77. The minimum Gasteiger partial charge on any atom is -0.480 e. The molecule has 0 aromatic rings. The maximum absolute atomic E-state index is 10.1.